The standard InChI is InChI=1S/C16H27NO5/c18-8-6-17(16-4-2-1-3-5-16)7-10-20-12-14-22-15-13-21-11-9-19/h1-5,18-19H,6-15H2. The van der Waals surface area contributed by atoms with Gasteiger partial charge < -0.3 is 29.3 Å². The van der Waals surface area contributed by atoms with Crippen molar-refractivity contribution in [1.82, 2.24) is 0 Å². The highest BCUT2D eigenvalue weighted by atomic mass is 16.5. The molecule has 1 aromatic rings. The van der Waals surface area contributed by atoms with Gasteiger partial charge in [0.05, 0.1) is 52.9 Å². The fourth-order valence-electron chi connectivity index (χ4n) is 1.91. The van der Waals surface area contributed by atoms with E-state index in [1.807, 2.05) is 30.3 Å². The first-order valence-electron chi connectivity index (χ1n) is 7.63. The maximum Gasteiger partial charge on any atom is 0.0701 e. The number of ether oxygens (including phenoxy) is 3. The molecule has 0 fully saturated rings. The molecule has 0 saturated carbocycles. The number of anilines is 1. The van der Waals surface area contributed by atoms with Crippen molar-refractivity contribution in [3.05, 3.63) is 30.3 Å². The molecule has 0 amide bonds. The molecule has 0 aliphatic heterocycles. The minimum Gasteiger partial charge on any atom is -0.395 e. The van der Waals surface area contributed by atoms with E-state index in [4.69, 9.17) is 24.4 Å². The Kier molecular flexibility index (Phi) is 11.6. The second kappa shape index (κ2) is 13.5. The summed E-state index contributed by atoms with van der Waals surface area (Å²) in [6, 6.07) is 9.97. The van der Waals surface area contributed by atoms with Crippen molar-refractivity contribution in [3.63, 3.8) is 0 Å². The smallest absolute Gasteiger partial charge is 0.0701 e. The van der Waals surface area contributed by atoms with Gasteiger partial charge in [-0.25, -0.2) is 0 Å². The lowest BCUT2D eigenvalue weighted by Gasteiger charge is -2.23. The van der Waals surface area contributed by atoms with Crippen molar-refractivity contribution < 1.29 is 24.4 Å². The van der Waals surface area contributed by atoms with Crippen LogP contribution in [0, 0.1) is 0 Å². The number of nitrogens with zero attached hydrogens (tertiary/aromatic N) is 1. The lowest BCUT2D eigenvalue weighted by Crippen LogP contribution is -2.30. The molecule has 0 heterocycles. The average Bonchev–Trinajstić information content (AvgIpc) is 2.56. The summed E-state index contributed by atoms with van der Waals surface area (Å²) in [6.45, 7) is 4.44. The zero-order valence-electron chi connectivity index (χ0n) is 13.0. The molecule has 0 unspecified atom stereocenters. The van der Waals surface area contributed by atoms with E-state index in [9.17, 15) is 0 Å². The van der Waals surface area contributed by atoms with Crippen LogP contribution in [0.15, 0.2) is 30.3 Å². The Balaban J connectivity index is 2.04. The molecule has 0 saturated heterocycles. The third kappa shape index (κ3) is 8.96. The molecule has 0 aliphatic rings. The first-order chi connectivity index (χ1) is 10.9. The van der Waals surface area contributed by atoms with Gasteiger partial charge in [-0.2, -0.15) is 0 Å². The fraction of sp³-hybridized carbons (Fsp3) is 0.625. The number of hydrogen-bond donors (Lipinski definition) is 2. The van der Waals surface area contributed by atoms with Crippen LogP contribution in [0.3, 0.4) is 0 Å². The maximum absolute atomic E-state index is 9.13. The topological polar surface area (TPSA) is 71.4 Å². The minimum absolute atomic E-state index is 0.0366. The molecular weight excluding hydrogens is 286 g/mol. The Hall–Kier alpha value is -1.18. The van der Waals surface area contributed by atoms with E-state index in [1.54, 1.807) is 0 Å². The number of aliphatic hydroxyl groups is 2. The summed E-state index contributed by atoms with van der Waals surface area (Å²) < 4.78 is 15.9. The molecular formula is C16H27NO5. The molecule has 0 spiro atoms. The third-order valence-electron chi connectivity index (χ3n) is 2.98. The second-order valence-electron chi connectivity index (χ2n) is 4.61. The monoisotopic (exact) mass is 313 g/mol. The van der Waals surface area contributed by atoms with Crippen LogP contribution in [0.5, 0.6) is 0 Å². The quantitative estimate of drug-likeness (QED) is 0.488. The van der Waals surface area contributed by atoms with Crippen LogP contribution in [-0.2, 0) is 14.2 Å². The summed E-state index contributed by atoms with van der Waals surface area (Å²) in [5.74, 6) is 0. The van der Waals surface area contributed by atoms with Gasteiger partial charge in [-0.15, -0.1) is 0 Å². The van der Waals surface area contributed by atoms with Crippen LogP contribution < -0.4 is 4.90 Å². The predicted molar refractivity (Wildman–Crippen MR) is 85.3 cm³/mol. The van der Waals surface area contributed by atoms with Gasteiger partial charge in [-0.3, -0.25) is 0 Å². The van der Waals surface area contributed by atoms with Crippen molar-refractivity contribution in [1.29, 1.82) is 0 Å². The van der Waals surface area contributed by atoms with E-state index in [0.29, 0.717) is 46.2 Å². The van der Waals surface area contributed by atoms with Crippen molar-refractivity contribution in [2.45, 2.75) is 0 Å². The Bertz CT molecular complexity index is 350. The molecule has 1 aromatic carbocycles. The lowest BCUT2D eigenvalue weighted by atomic mass is 10.3. The Morgan fingerprint density at radius 3 is 1.86 bits per heavy atom. The summed E-state index contributed by atoms with van der Waals surface area (Å²) >= 11 is 0. The van der Waals surface area contributed by atoms with Crippen LogP contribution in [0.4, 0.5) is 5.69 Å². The molecule has 0 aromatic heterocycles. The fourth-order valence-corrected chi connectivity index (χ4v) is 1.91. The van der Waals surface area contributed by atoms with Crippen LogP contribution in [0.2, 0.25) is 0 Å². The molecule has 0 bridgehead atoms. The highest BCUT2D eigenvalue weighted by molar-refractivity contribution is 5.45. The van der Waals surface area contributed by atoms with Crippen molar-refractivity contribution >= 4 is 5.69 Å². The second-order valence-corrected chi connectivity index (χ2v) is 4.61. The Morgan fingerprint density at radius 1 is 0.682 bits per heavy atom. The Labute approximate surface area is 132 Å². The van der Waals surface area contributed by atoms with E-state index in [2.05, 4.69) is 4.90 Å². The van der Waals surface area contributed by atoms with Gasteiger partial charge in [0.25, 0.3) is 0 Å². The maximum atomic E-state index is 9.13. The van der Waals surface area contributed by atoms with E-state index in [1.165, 1.54) is 0 Å². The summed E-state index contributed by atoms with van der Waals surface area (Å²) in [5.41, 5.74) is 1.08. The van der Waals surface area contributed by atoms with Crippen molar-refractivity contribution in [2.75, 3.05) is 70.8 Å². The minimum atomic E-state index is 0.0366. The summed E-state index contributed by atoms with van der Waals surface area (Å²) in [7, 11) is 0. The zero-order chi connectivity index (χ0) is 15.9. The van der Waals surface area contributed by atoms with Gasteiger partial charge in [0.2, 0.25) is 0 Å². The van der Waals surface area contributed by atoms with Gasteiger partial charge in [-0.1, -0.05) is 18.2 Å². The van der Waals surface area contributed by atoms with Gasteiger partial charge in [0.15, 0.2) is 0 Å². The first kappa shape index (κ1) is 18.9. The molecule has 6 nitrogen and oxygen atoms in total. The number of aliphatic hydroxyl groups excluding tert-OH is 2. The normalized spacial score (nSPS) is 10.8. The zero-order valence-corrected chi connectivity index (χ0v) is 13.0. The van der Waals surface area contributed by atoms with Crippen LogP contribution in [0.1, 0.15) is 0 Å². The lowest BCUT2D eigenvalue weighted by molar-refractivity contribution is 0.00869. The highest BCUT2D eigenvalue weighted by Crippen LogP contribution is 2.12. The van der Waals surface area contributed by atoms with Gasteiger partial charge >= 0.3 is 0 Å². The van der Waals surface area contributed by atoms with Gasteiger partial charge in [0.1, 0.15) is 0 Å². The third-order valence-corrected chi connectivity index (χ3v) is 2.98. The molecule has 0 aliphatic carbocycles. The van der Waals surface area contributed by atoms with E-state index < -0.39 is 0 Å². The average molecular weight is 313 g/mol. The largest absolute Gasteiger partial charge is 0.395 e. The summed E-state index contributed by atoms with van der Waals surface area (Å²) in [6.07, 6.45) is 0. The molecule has 0 atom stereocenters. The van der Waals surface area contributed by atoms with Crippen LogP contribution in [-0.4, -0.2) is 76.2 Å². The number of para-hydroxylation sites is 1. The number of rotatable bonds is 14. The number of hydrogen-bond acceptors (Lipinski definition) is 6. The first-order valence-corrected chi connectivity index (χ1v) is 7.63. The van der Waals surface area contributed by atoms with Crippen LogP contribution >= 0.6 is 0 Å². The SMILES string of the molecule is OCCOCCOCCOCCN(CCO)c1ccccc1. The van der Waals surface area contributed by atoms with E-state index >= 15 is 0 Å². The van der Waals surface area contributed by atoms with Gasteiger partial charge in [0, 0.05) is 18.8 Å². The van der Waals surface area contributed by atoms with Crippen molar-refractivity contribution in [2.24, 2.45) is 0 Å². The Morgan fingerprint density at radius 2 is 1.27 bits per heavy atom. The number of benzene rings is 1. The summed E-state index contributed by atoms with van der Waals surface area (Å²) in [4.78, 5) is 2.09. The van der Waals surface area contributed by atoms with E-state index in [-0.39, 0.29) is 13.2 Å². The molecule has 2 N–H and O–H groups in total. The molecule has 126 valence electrons. The van der Waals surface area contributed by atoms with Crippen LogP contribution in [0.25, 0.3) is 0 Å². The molecule has 1 rings (SSSR count). The predicted octanol–water partition coefficient (Wildman–Crippen LogP) is 0.527. The molecule has 22 heavy (non-hydrogen) atoms. The highest BCUT2D eigenvalue weighted by Gasteiger charge is 2.04. The molecule has 6 heteroatoms. The van der Waals surface area contributed by atoms with Gasteiger partial charge in [-0.05, 0) is 12.1 Å². The summed E-state index contributed by atoms with van der Waals surface area (Å²) in [5, 5.41) is 17.7. The van der Waals surface area contributed by atoms with Crippen molar-refractivity contribution in [3.8, 4) is 0 Å². The van der Waals surface area contributed by atoms with E-state index in [0.717, 1.165) is 12.2 Å². The molecule has 0 radical (unpaired) electrons.